The highest BCUT2D eigenvalue weighted by Gasteiger charge is 2.24. The van der Waals surface area contributed by atoms with Gasteiger partial charge in [0.2, 0.25) is 5.91 Å². The van der Waals surface area contributed by atoms with E-state index >= 15 is 0 Å². The van der Waals surface area contributed by atoms with Gasteiger partial charge in [-0.15, -0.1) is 0 Å². The molecule has 0 saturated carbocycles. The standard InChI is InChI=1S/C23H24N4O3/c28-22(15-27-16-24-20-4-2-1-3-19(20)23(27)29)26-10-8-25(9-11-26)14-17-5-6-21-18(13-17)7-12-30-21/h1-6,13,16H,7-12,14-15H2/p+1. The van der Waals surface area contributed by atoms with E-state index in [9.17, 15) is 9.59 Å². The number of amides is 1. The molecule has 154 valence electrons. The second-order valence-corrected chi connectivity index (χ2v) is 8.04. The van der Waals surface area contributed by atoms with Crippen LogP contribution in [-0.4, -0.2) is 53.1 Å². The first-order valence-corrected chi connectivity index (χ1v) is 10.5. The minimum absolute atomic E-state index is 0.0251. The summed E-state index contributed by atoms with van der Waals surface area (Å²) in [5.74, 6) is 0.991. The van der Waals surface area contributed by atoms with Crippen molar-refractivity contribution in [3.8, 4) is 5.75 Å². The summed E-state index contributed by atoms with van der Waals surface area (Å²) in [6, 6.07) is 13.7. The molecular weight excluding hydrogens is 380 g/mol. The third-order valence-electron chi connectivity index (χ3n) is 6.07. The molecule has 1 fully saturated rings. The number of aromatic nitrogens is 2. The predicted octanol–water partition coefficient (Wildman–Crippen LogP) is 0.259. The number of para-hydroxylation sites is 1. The molecule has 0 spiro atoms. The fourth-order valence-corrected chi connectivity index (χ4v) is 4.35. The Bertz CT molecular complexity index is 1150. The summed E-state index contributed by atoms with van der Waals surface area (Å²) in [4.78, 5) is 33.0. The van der Waals surface area contributed by atoms with Gasteiger partial charge in [-0.1, -0.05) is 12.1 Å². The van der Waals surface area contributed by atoms with Crippen LogP contribution < -0.4 is 15.2 Å². The van der Waals surface area contributed by atoms with Crippen molar-refractivity contribution < 1.29 is 14.4 Å². The van der Waals surface area contributed by atoms with Gasteiger partial charge in [-0.05, 0) is 35.9 Å². The van der Waals surface area contributed by atoms with Crippen LogP contribution in [0.15, 0.2) is 53.6 Å². The highest BCUT2D eigenvalue weighted by molar-refractivity contribution is 5.79. The Hall–Kier alpha value is -3.19. The van der Waals surface area contributed by atoms with Crippen molar-refractivity contribution in [2.24, 2.45) is 0 Å². The van der Waals surface area contributed by atoms with Crippen molar-refractivity contribution >= 4 is 16.8 Å². The third kappa shape index (κ3) is 3.68. The maximum Gasteiger partial charge on any atom is 0.261 e. The first-order chi connectivity index (χ1) is 14.7. The highest BCUT2D eigenvalue weighted by Crippen LogP contribution is 2.25. The Balaban J connectivity index is 1.19. The van der Waals surface area contributed by atoms with Gasteiger partial charge in [0.25, 0.3) is 5.56 Å². The van der Waals surface area contributed by atoms with E-state index in [1.54, 1.807) is 12.1 Å². The fraction of sp³-hybridized carbons (Fsp3) is 0.348. The van der Waals surface area contributed by atoms with Gasteiger partial charge >= 0.3 is 0 Å². The summed E-state index contributed by atoms with van der Waals surface area (Å²) in [7, 11) is 0. The molecule has 0 aliphatic carbocycles. The van der Waals surface area contributed by atoms with Crippen molar-refractivity contribution in [3.63, 3.8) is 0 Å². The van der Waals surface area contributed by atoms with Crippen LogP contribution in [0.25, 0.3) is 10.9 Å². The van der Waals surface area contributed by atoms with Crippen molar-refractivity contribution in [1.82, 2.24) is 14.5 Å². The van der Waals surface area contributed by atoms with E-state index in [1.165, 1.54) is 26.9 Å². The zero-order chi connectivity index (χ0) is 20.5. The number of rotatable bonds is 4. The number of nitrogens with zero attached hydrogens (tertiary/aromatic N) is 3. The molecule has 7 nitrogen and oxygen atoms in total. The lowest BCUT2D eigenvalue weighted by molar-refractivity contribution is -0.917. The Morgan fingerprint density at radius 2 is 1.97 bits per heavy atom. The zero-order valence-corrected chi connectivity index (χ0v) is 16.8. The molecule has 1 aromatic heterocycles. The Morgan fingerprint density at radius 1 is 1.13 bits per heavy atom. The fourth-order valence-electron chi connectivity index (χ4n) is 4.35. The van der Waals surface area contributed by atoms with Crippen LogP contribution in [-0.2, 0) is 24.3 Å². The van der Waals surface area contributed by atoms with Gasteiger partial charge in [0.15, 0.2) is 0 Å². The van der Waals surface area contributed by atoms with Gasteiger partial charge in [0, 0.05) is 12.0 Å². The van der Waals surface area contributed by atoms with Crippen LogP contribution in [0.5, 0.6) is 5.75 Å². The maximum atomic E-state index is 12.8. The van der Waals surface area contributed by atoms with Gasteiger partial charge in [-0.25, -0.2) is 4.98 Å². The minimum Gasteiger partial charge on any atom is -0.493 e. The lowest BCUT2D eigenvalue weighted by Crippen LogP contribution is -3.13. The molecule has 0 atom stereocenters. The van der Waals surface area contributed by atoms with E-state index in [4.69, 9.17) is 4.74 Å². The monoisotopic (exact) mass is 405 g/mol. The summed E-state index contributed by atoms with van der Waals surface area (Å²) in [5, 5.41) is 0.543. The second kappa shape index (κ2) is 7.91. The van der Waals surface area contributed by atoms with E-state index in [2.05, 4.69) is 23.2 Å². The lowest BCUT2D eigenvalue weighted by atomic mass is 10.1. The number of hydrogen-bond donors (Lipinski definition) is 1. The van der Waals surface area contributed by atoms with Gasteiger partial charge < -0.3 is 14.5 Å². The maximum absolute atomic E-state index is 12.8. The number of ether oxygens (including phenoxy) is 1. The quantitative estimate of drug-likeness (QED) is 0.676. The van der Waals surface area contributed by atoms with Crippen LogP contribution in [0.2, 0.25) is 0 Å². The molecule has 2 aliphatic heterocycles. The first-order valence-electron chi connectivity index (χ1n) is 10.5. The van der Waals surface area contributed by atoms with Crippen molar-refractivity contribution in [3.05, 3.63) is 70.3 Å². The number of carbonyl (C=O) groups is 1. The Labute approximate surface area is 174 Å². The van der Waals surface area contributed by atoms with Crippen molar-refractivity contribution in [2.75, 3.05) is 32.8 Å². The van der Waals surface area contributed by atoms with Gasteiger partial charge in [-0.2, -0.15) is 0 Å². The van der Waals surface area contributed by atoms with E-state index < -0.39 is 0 Å². The predicted molar refractivity (Wildman–Crippen MR) is 113 cm³/mol. The number of fused-ring (bicyclic) bond motifs is 2. The molecule has 2 aromatic carbocycles. The summed E-state index contributed by atoms with van der Waals surface area (Å²) < 4.78 is 7.00. The topological polar surface area (TPSA) is 68.9 Å². The highest BCUT2D eigenvalue weighted by atomic mass is 16.5. The second-order valence-electron chi connectivity index (χ2n) is 8.04. The molecule has 30 heavy (non-hydrogen) atoms. The molecule has 5 rings (SSSR count). The summed E-state index contributed by atoms with van der Waals surface area (Å²) in [6.07, 6.45) is 2.46. The smallest absolute Gasteiger partial charge is 0.261 e. The molecule has 0 bridgehead atoms. The van der Waals surface area contributed by atoms with Crippen LogP contribution in [0, 0.1) is 0 Å². The molecule has 1 N–H and O–H groups in total. The summed E-state index contributed by atoms with van der Waals surface area (Å²) in [6.45, 7) is 5.01. The van der Waals surface area contributed by atoms with Gasteiger partial charge in [0.1, 0.15) is 18.8 Å². The van der Waals surface area contributed by atoms with E-state index in [1.807, 2.05) is 17.0 Å². The number of quaternary nitrogens is 1. The number of piperazine rings is 1. The number of hydrogen-bond acceptors (Lipinski definition) is 4. The van der Waals surface area contributed by atoms with Crippen molar-refractivity contribution in [1.29, 1.82) is 0 Å². The molecule has 2 aliphatic rings. The molecule has 7 heteroatoms. The van der Waals surface area contributed by atoms with Gasteiger partial charge in [-0.3, -0.25) is 14.2 Å². The lowest BCUT2D eigenvalue weighted by Gasteiger charge is -2.32. The first kappa shape index (κ1) is 18.8. The molecule has 0 radical (unpaired) electrons. The molecule has 3 aromatic rings. The average Bonchev–Trinajstić information content (AvgIpc) is 3.24. The molecule has 1 amide bonds. The van der Waals surface area contributed by atoms with E-state index in [0.29, 0.717) is 24.0 Å². The van der Waals surface area contributed by atoms with Crippen LogP contribution in [0.4, 0.5) is 0 Å². The van der Waals surface area contributed by atoms with E-state index in [-0.39, 0.29) is 18.0 Å². The number of benzene rings is 2. The molecular formula is C23H25N4O3+. The Kier molecular flexibility index (Phi) is 4.96. The van der Waals surface area contributed by atoms with Crippen LogP contribution in [0.1, 0.15) is 11.1 Å². The zero-order valence-electron chi connectivity index (χ0n) is 16.8. The van der Waals surface area contributed by atoms with E-state index in [0.717, 1.165) is 38.4 Å². The number of carbonyl (C=O) groups excluding carboxylic acids is 1. The third-order valence-corrected chi connectivity index (χ3v) is 6.07. The molecule has 1 saturated heterocycles. The normalized spacial score (nSPS) is 16.5. The number of nitrogens with one attached hydrogen (secondary N) is 1. The largest absolute Gasteiger partial charge is 0.493 e. The minimum atomic E-state index is -0.168. The SMILES string of the molecule is O=C(Cn1cnc2ccccc2c1=O)N1CC[NH+](Cc2ccc3c(c2)CCO3)CC1. The van der Waals surface area contributed by atoms with Gasteiger partial charge in [0.05, 0.1) is 50.0 Å². The Morgan fingerprint density at radius 3 is 2.83 bits per heavy atom. The summed E-state index contributed by atoms with van der Waals surface area (Å²) >= 11 is 0. The van der Waals surface area contributed by atoms with Crippen LogP contribution in [0.3, 0.4) is 0 Å². The van der Waals surface area contributed by atoms with Crippen LogP contribution >= 0.6 is 0 Å². The van der Waals surface area contributed by atoms with Crippen molar-refractivity contribution in [2.45, 2.75) is 19.5 Å². The molecule has 3 heterocycles. The molecule has 0 unspecified atom stereocenters. The average molecular weight is 405 g/mol. The summed E-state index contributed by atoms with van der Waals surface area (Å²) in [5.41, 5.74) is 3.11.